The van der Waals surface area contributed by atoms with E-state index in [0.29, 0.717) is 32.9 Å². The van der Waals surface area contributed by atoms with E-state index < -0.39 is 29.4 Å². The number of anilines is 1. The fourth-order valence-electron chi connectivity index (χ4n) is 3.77. The van der Waals surface area contributed by atoms with Gasteiger partial charge in [0.1, 0.15) is 23.6 Å². The van der Waals surface area contributed by atoms with Crippen molar-refractivity contribution in [2.75, 3.05) is 32.5 Å². The fraction of sp³-hybridized carbons (Fsp3) is 0.464. The molecule has 1 aromatic heterocycles. The number of aliphatic hydroxyl groups excluding tert-OH is 1. The first-order chi connectivity index (χ1) is 18.6. The number of carbonyl (C=O) groups is 2. The number of hydrogen-bond acceptors (Lipinski definition) is 9. The molecule has 0 aliphatic carbocycles. The number of ether oxygens (including phenoxy) is 4. The number of aliphatic hydroxyl groups is 1. The molecule has 11 nitrogen and oxygen atoms in total. The quantitative estimate of drug-likeness (QED) is 0.233. The lowest BCUT2D eigenvalue weighted by Crippen LogP contribution is -2.41. The number of amides is 1. The summed E-state index contributed by atoms with van der Waals surface area (Å²) in [4.78, 5) is 27.3. The number of nitrogens with one attached hydrogen (secondary N) is 1. The molecule has 2 aromatic carbocycles. The zero-order chi connectivity index (χ0) is 29.8. The van der Waals surface area contributed by atoms with Crippen LogP contribution in [0.15, 0.2) is 30.3 Å². The second-order valence-corrected chi connectivity index (χ2v) is 11.6. The largest absolute Gasteiger partial charge is 0.492 e. The van der Waals surface area contributed by atoms with Crippen LogP contribution in [0.3, 0.4) is 0 Å². The molecule has 1 atom stereocenters. The molecule has 1 heterocycles. The van der Waals surface area contributed by atoms with Gasteiger partial charge >= 0.3 is 12.1 Å². The standard InChI is InChI=1S/C28H37ClN4O7/c1-27(2,3)39-25(35)18-13-17(14-21-23(18)24(37-7)32-31-21)38-11-10-33(26(36)40-28(4,5)6)15-22(34)16-8-9-19(29)20(30)12-16/h8-9,12-14,22,34H,10-11,15,30H2,1-7H3,(H,31,32)/t22-/m0/s1. The number of halogens is 1. The van der Waals surface area contributed by atoms with Crippen molar-refractivity contribution in [1.29, 1.82) is 0 Å². The smallest absolute Gasteiger partial charge is 0.410 e. The number of carbonyl (C=O) groups excluding carboxylic acids is 2. The Labute approximate surface area is 238 Å². The minimum absolute atomic E-state index is 0.0270. The topological polar surface area (TPSA) is 149 Å². The van der Waals surface area contributed by atoms with Gasteiger partial charge in [-0.3, -0.25) is 5.10 Å². The van der Waals surface area contributed by atoms with E-state index in [9.17, 15) is 14.7 Å². The molecule has 0 saturated carbocycles. The van der Waals surface area contributed by atoms with Gasteiger partial charge in [-0.15, -0.1) is 5.10 Å². The van der Waals surface area contributed by atoms with E-state index in [4.69, 9.17) is 36.3 Å². The van der Waals surface area contributed by atoms with Gasteiger partial charge in [0, 0.05) is 6.07 Å². The van der Waals surface area contributed by atoms with Gasteiger partial charge in [0.2, 0.25) is 5.88 Å². The summed E-state index contributed by atoms with van der Waals surface area (Å²) in [7, 11) is 1.46. The van der Waals surface area contributed by atoms with Crippen LogP contribution in [0.5, 0.6) is 11.6 Å². The van der Waals surface area contributed by atoms with Crippen molar-refractivity contribution in [2.24, 2.45) is 0 Å². The average molecular weight is 577 g/mol. The number of nitrogen functional groups attached to an aromatic ring is 1. The van der Waals surface area contributed by atoms with E-state index in [1.54, 1.807) is 65.8 Å². The molecule has 0 fully saturated rings. The van der Waals surface area contributed by atoms with Crippen molar-refractivity contribution in [1.82, 2.24) is 15.1 Å². The fourth-order valence-corrected chi connectivity index (χ4v) is 3.88. The number of benzene rings is 2. The Kier molecular flexibility index (Phi) is 9.42. The van der Waals surface area contributed by atoms with Crippen LogP contribution < -0.4 is 15.2 Å². The number of nitrogens with zero attached hydrogens (tertiary/aromatic N) is 2. The second-order valence-electron chi connectivity index (χ2n) is 11.2. The van der Waals surface area contributed by atoms with Crippen molar-refractivity contribution in [2.45, 2.75) is 58.8 Å². The van der Waals surface area contributed by atoms with E-state index in [1.165, 1.54) is 18.1 Å². The summed E-state index contributed by atoms with van der Waals surface area (Å²) in [5, 5.41) is 18.6. The lowest BCUT2D eigenvalue weighted by atomic mass is 10.1. The molecule has 1 amide bonds. The van der Waals surface area contributed by atoms with E-state index in [2.05, 4.69) is 10.2 Å². The molecule has 0 aliphatic heterocycles. The molecule has 0 aliphatic rings. The molecule has 0 bridgehead atoms. The van der Waals surface area contributed by atoms with Gasteiger partial charge in [0.05, 0.1) is 53.5 Å². The lowest BCUT2D eigenvalue weighted by Gasteiger charge is -2.29. The first-order valence-corrected chi connectivity index (χ1v) is 13.1. The highest BCUT2D eigenvalue weighted by Crippen LogP contribution is 2.32. The highest BCUT2D eigenvalue weighted by atomic mass is 35.5. The van der Waals surface area contributed by atoms with Crippen LogP contribution >= 0.6 is 11.6 Å². The molecule has 218 valence electrons. The Bertz CT molecular complexity index is 1360. The van der Waals surface area contributed by atoms with Crippen LogP contribution in [0.1, 0.15) is 63.6 Å². The van der Waals surface area contributed by atoms with Gasteiger partial charge in [-0.25, -0.2) is 9.59 Å². The zero-order valence-electron chi connectivity index (χ0n) is 23.8. The Balaban J connectivity index is 1.81. The predicted octanol–water partition coefficient (Wildman–Crippen LogP) is 5.11. The molecule has 0 unspecified atom stereocenters. The number of fused-ring (bicyclic) bond motifs is 1. The first-order valence-electron chi connectivity index (χ1n) is 12.7. The van der Waals surface area contributed by atoms with Gasteiger partial charge in [0.15, 0.2) is 0 Å². The first kappa shape index (κ1) is 30.8. The molecule has 0 radical (unpaired) electrons. The summed E-state index contributed by atoms with van der Waals surface area (Å²) >= 11 is 6.00. The molecule has 3 aromatic rings. The third-order valence-electron chi connectivity index (χ3n) is 5.50. The molecule has 12 heteroatoms. The van der Waals surface area contributed by atoms with E-state index in [-0.39, 0.29) is 31.1 Å². The average Bonchev–Trinajstić information content (AvgIpc) is 3.25. The maximum atomic E-state index is 13.0. The Hall–Kier alpha value is -3.70. The summed E-state index contributed by atoms with van der Waals surface area (Å²) in [6.45, 7) is 10.6. The van der Waals surface area contributed by atoms with E-state index in [1.807, 2.05) is 0 Å². The Morgan fingerprint density at radius 3 is 2.38 bits per heavy atom. The van der Waals surface area contributed by atoms with Crippen LogP contribution in [0.4, 0.5) is 10.5 Å². The number of aromatic amines is 1. The highest BCUT2D eigenvalue weighted by molar-refractivity contribution is 6.33. The molecule has 0 saturated heterocycles. The van der Waals surface area contributed by atoms with Gasteiger partial charge in [-0.05, 0) is 65.3 Å². The van der Waals surface area contributed by atoms with Crippen LogP contribution in [-0.2, 0) is 9.47 Å². The second kappa shape index (κ2) is 12.2. The summed E-state index contributed by atoms with van der Waals surface area (Å²) in [6.07, 6.45) is -1.68. The van der Waals surface area contributed by atoms with Gasteiger partial charge < -0.3 is 34.7 Å². The zero-order valence-corrected chi connectivity index (χ0v) is 24.6. The number of aromatic nitrogens is 2. The van der Waals surface area contributed by atoms with Crippen molar-refractivity contribution >= 4 is 40.3 Å². The van der Waals surface area contributed by atoms with E-state index in [0.717, 1.165) is 0 Å². The third-order valence-corrected chi connectivity index (χ3v) is 5.84. The maximum absolute atomic E-state index is 13.0. The summed E-state index contributed by atoms with van der Waals surface area (Å²) in [5.74, 6) is 0.0218. The van der Waals surface area contributed by atoms with Gasteiger partial charge in [-0.1, -0.05) is 17.7 Å². The van der Waals surface area contributed by atoms with Gasteiger partial charge in [0.25, 0.3) is 0 Å². The minimum Gasteiger partial charge on any atom is -0.492 e. The summed E-state index contributed by atoms with van der Waals surface area (Å²) in [5.41, 5.74) is 5.94. The number of nitrogens with two attached hydrogens (primary N) is 1. The maximum Gasteiger partial charge on any atom is 0.410 e. The van der Waals surface area contributed by atoms with Crippen LogP contribution in [0.2, 0.25) is 5.02 Å². The molecular weight excluding hydrogens is 540 g/mol. The number of methoxy groups -OCH3 is 1. The normalized spacial score (nSPS) is 12.6. The summed E-state index contributed by atoms with van der Waals surface area (Å²) < 4.78 is 22.4. The van der Waals surface area contributed by atoms with Gasteiger partial charge in [-0.2, -0.15) is 0 Å². The number of esters is 1. The van der Waals surface area contributed by atoms with Crippen LogP contribution in [0, 0.1) is 0 Å². The Morgan fingerprint density at radius 2 is 1.77 bits per heavy atom. The minimum atomic E-state index is -1.06. The van der Waals surface area contributed by atoms with Crippen molar-refractivity contribution < 1.29 is 33.6 Å². The van der Waals surface area contributed by atoms with Crippen LogP contribution in [0.25, 0.3) is 10.9 Å². The van der Waals surface area contributed by atoms with Crippen LogP contribution in [-0.4, -0.2) is 70.3 Å². The van der Waals surface area contributed by atoms with Crippen molar-refractivity contribution in [3.63, 3.8) is 0 Å². The third kappa shape index (κ3) is 8.15. The Morgan fingerprint density at radius 1 is 1.10 bits per heavy atom. The molecular formula is C28H37ClN4O7. The molecule has 4 N–H and O–H groups in total. The van der Waals surface area contributed by atoms with E-state index >= 15 is 0 Å². The SMILES string of the molecule is COc1n[nH]c2cc(OCCN(C[C@H](O)c3ccc(Cl)c(N)c3)C(=O)OC(C)(C)C)cc(C(=O)OC(C)(C)C)c12. The monoisotopic (exact) mass is 576 g/mol. The highest BCUT2D eigenvalue weighted by Gasteiger charge is 2.26. The number of rotatable bonds is 9. The van der Waals surface area contributed by atoms with Crippen molar-refractivity contribution in [3.05, 3.63) is 46.5 Å². The molecule has 40 heavy (non-hydrogen) atoms. The van der Waals surface area contributed by atoms with Crippen molar-refractivity contribution in [3.8, 4) is 11.6 Å². The predicted molar refractivity (Wildman–Crippen MR) is 152 cm³/mol. The number of H-pyrrole nitrogens is 1. The number of hydrogen-bond donors (Lipinski definition) is 3. The lowest BCUT2D eigenvalue weighted by molar-refractivity contribution is 0.00707. The summed E-state index contributed by atoms with van der Waals surface area (Å²) in [6, 6.07) is 7.99. The molecule has 0 spiro atoms. The molecule has 3 rings (SSSR count).